The summed E-state index contributed by atoms with van der Waals surface area (Å²) in [4.78, 5) is 6.88. The van der Waals surface area contributed by atoms with Crippen LogP contribution >= 0.6 is 0 Å². The highest BCUT2D eigenvalue weighted by atomic mass is 15.2. The SMILES string of the molecule is CCN(CC(C)C)c1cc(CN)cc(C)n1. The van der Waals surface area contributed by atoms with Crippen LogP contribution in [0.25, 0.3) is 0 Å². The maximum Gasteiger partial charge on any atom is 0.129 e. The summed E-state index contributed by atoms with van der Waals surface area (Å²) in [6.45, 7) is 11.2. The van der Waals surface area contributed by atoms with Gasteiger partial charge in [0.05, 0.1) is 0 Å². The molecule has 0 bridgehead atoms. The second-order valence-electron chi connectivity index (χ2n) is 4.61. The number of nitrogens with two attached hydrogens (primary N) is 1. The van der Waals surface area contributed by atoms with E-state index in [1.165, 1.54) is 0 Å². The minimum absolute atomic E-state index is 0.579. The lowest BCUT2D eigenvalue weighted by Crippen LogP contribution is -2.28. The molecule has 0 fully saturated rings. The van der Waals surface area contributed by atoms with Crippen LogP contribution < -0.4 is 10.6 Å². The molecule has 0 saturated heterocycles. The van der Waals surface area contributed by atoms with Crippen LogP contribution in [0.2, 0.25) is 0 Å². The van der Waals surface area contributed by atoms with Crippen molar-refractivity contribution in [3.8, 4) is 0 Å². The molecule has 0 atom stereocenters. The fourth-order valence-corrected chi connectivity index (χ4v) is 1.83. The van der Waals surface area contributed by atoms with Crippen LogP contribution in [-0.4, -0.2) is 18.1 Å². The largest absolute Gasteiger partial charge is 0.357 e. The van der Waals surface area contributed by atoms with Gasteiger partial charge < -0.3 is 10.6 Å². The molecule has 0 aliphatic carbocycles. The van der Waals surface area contributed by atoms with Crippen LogP contribution in [0.4, 0.5) is 5.82 Å². The van der Waals surface area contributed by atoms with Crippen LogP contribution in [-0.2, 0) is 6.54 Å². The normalized spacial score (nSPS) is 10.9. The van der Waals surface area contributed by atoms with Gasteiger partial charge >= 0.3 is 0 Å². The zero-order valence-electron chi connectivity index (χ0n) is 10.8. The van der Waals surface area contributed by atoms with E-state index in [9.17, 15) is 0 Å². The summed E-state index contributed by atoms with van der Waals surface area (Å²) in [5, 5.41) is 0. The van der Waals surface area contributed by atoms with Crippen molar-refractivity contribution in [1.29, 1.82) is 0 Å². The topological polar surface area (TPSA) is 42.1 Å². The third-order valence-corrected chi connectivity index (χ3v) is 2.53. The fraction of sp³-hybridized carbons (Fsp3) is 0.615. The summed E-state index contributed by atoms with van der Waals surface area (Å²) in [6, 6.07) is 4.14. The van der Waals surface area contributed by atoms with Crippen molar-refractivity contribution in [2.24, 2.45) is 11.7 Å². The number of aryl methyl sites for hydroxylation is 1. The first-order valence-corrected chi connectivity index (χ1v) is 5.99. The van der Waals surface area contributed by atoms with Gasteiger partial charge in [0.2, 0.25) is 0 Å². The van der Waals surface area contributed by atoms with Gasteiger partial charge in [-0.3, -0.25) is 0 Å². The number of anilines is 1. The van der Waals surface area contributed by atoms with Gasteiger partial charge in [-0.15, -0.1) is 0 Å². The summed E-state index contributed by atoms with van der Waals surface area (Å²) in [5.41, 5.74) is 7.88. The maximum atomic E-state index is 5.68. The van der Waals surface area contributed by atoms with Gasteiger partial charge in [-0.1, -0.05) is 13.8 Å². The second-order valence-corrected chi connectivity index (χ2v) is 4.61. The Bertz CT molecular complexity index is 334. The molecule has 0 amide bonds. The first kappa shape index (κ1) is 13.0. The molecular weight excluding hydrogens is 198 g/mol. The lowest BCUT2D eigenvalue weighted by atomic mass is 10.2. The maximum absolute atomic E-state index is 5.68. The van der Waals surface area contributed by atoms with Crippen molar-refractivity contribution in [3.05, 3.63) is 23.4 Å². The molecule has 3 nitrogen and oxygen atoms in total. The average Bonchev–Trinajstić information content (AvgIpc) is 2.24. The van der Waals surface area contributed by atoms with Crippen molar-refractivity contribution >= 4 is 5.82 Å². The Morgan fingerprint density at radius 3 is 2.56 bits per heavy atom. The zero-order valence-corrected chi connectivity index (χ0v) is 10.8. The smallest absolute Gasteiger partial charge is 0.129 e. The molecule has 0 spiro atoms. The summed E-state index contributed by atoms with van der Waals surface area (Å²) < 4.78 is 0. The highest BCUT2D eigenvalue weighted by Gasteiger charge is 2.09. The molecule has 90 valence electrons. The Hall–Kier alpha value is -1.09. The van der Waals surface area contributed by atoms with Gasteiger partial charge in [0.25, 0.3) is 0 Å². The van der Waals surface area contributed by atoms with E-state index in [1.54, 1.807) is 0 Å². The number of pyridine rings is 1. The predicted octanol–water partition coefficient (Wildman–Crippen LogP) is 2.33. The minimum atomic E-state index is 0.579. The molecule has 0 aliphatic heterocycles. The van der Waals surface area contributed by atoms with Gasteiger partial charge in [0, 0.05) is 25.3 Å². The summed E-state index contributed by atoms with van der Waals surface area (Å²) in [7, 11) is 0. The molecule has 16 heavy (non-hydrogen) atoms. The molecule has 1 heterocycles. The fourth-order valence-electron chi connectivity index (χ4n) is 1.83. The van der Waals surface area contributed by atoms with E-state index in [4.69, 9.17) is 5.73 Å². The summed E-state index contributed by atoms with van der Waals surface area (Å²) in [5.74, 6) is 1.69. The first-order chi connectivity index (χ1) is 7.56. The molecular formula is C13H23N3. The number of rotatable bonds is 5. The first-order valence-electron chi connectivity index (χ1n) is 5.99. The Kier molecular flexibility index (Phi) is 4.74. The quantitative estimate of drug-likeness (QED) is 0.829. The number of nitrogens with zero attached hydrogens (tertiary/aromatic N) is 2. The molecule has 1 rings (SSSR count). The Balaban J connectivity index is 2.95. The second kappa shape index (κ2) is 5.85. The van der Waals surface area contributed by atoms with E-state index in [0.29, 0.717) is 12.5 Å². The monoisotopic (exact) mass is 221 g/mol. The molecule has 0 saturated carbocycles. The molecule has 1 aromatic rings. The van der Waals surface area contributed by atoms with E-state index < -0.39 is 0 Å². The molecule has 1 aromatic heterocycles. The van der Waals surface area contributed by atoms with Crippen molar-refractivity contribution in [2.45, 2.75) is 34.2 Å². The van der Waals surface area contributed by atoms with E-state index in [2.05, 4.69) is 36.7 Å². The van der Waals surface area contributed by atoms with E-state index >= 15 is 0 Å². The van der Waals surface area contributed by atoms with Crippen LogP contribution in [0, 0.1) is 12.8 Å². The molecule has 0 aliphatic rings. The van der Waals surface area contributed by atoms with Crippen LogP contribution in [0.15, 0.2) is 12.1 Å². The van der Waals surface area contributed by atoms with Gasteiger partial charge in [0.1, 0.15) is 5.82 Å². The predicted molar refractivity (Wildman–Crippen MR) is 69.6 cm³/mol. The van der Waals surface area contributed by atoms with E-state index in [-0.39, 0.29) is 0 Å². The van der Waals surface area contributed by atoms with Gasteiger partial charge in [-0.25, -0.2) is 4.98 Å². The van der Waals surface area contributed by atoms with Crippen molar-refractivity contribution in [2.75, 3.05) is 18.0 Å². The van der Waals surface area contributed by atoms with E-state index in [0.717, 1.165) is 30.2 Å². The van der Waals surface area contributed by atoms with Crippen molar-refractivity contribution < 1.29 is 0 Å². The average molecular weight is 221 g/mol. The molecule has 0 radical (unpaired) electrons. The third-order valence-electron chi connectivity index (χ3n) is 2.53. The van der Waals surface area contributed by atoms with Gasteiger partial charge in [-0.05, 0) is 37.5 Å². The summed E-state index contributed by atoms with van der Waals surface area (Å²) >= 11 is 0. The highest BCUT2D eigenvalue weighted by Crippen LogP contribution is 2.16. The van der Waals surface area contributed by atoms with Gasteiger partial charge in [0.15, 0.2) is 0 Å². The molecule has 3 heteroatoms. The molecule has 0 aromatic carbocycles. The van der Waals surface area contributed by atoms with Crippen molar-refractivity contribution in [1.82, 2.24) is 4.98 Å². The Morgan fingerprint density at radius 1 is 1.38 bits per heavy atom. The number of hydrogen-bond donors (Lipinski definition) is 1. The standard InChI is InChI=1S/C13H23N3/c1-5-16(9-10(2)3)13-7-12(8-14)6-11(4)15-13/h6-7,10H,5,8-9,14H2,1-4H3. The Labute approximate surface area is 98.7 Å². The van der Waals surface area contributed by atoms with Crippen LogP contribution in [0.5, 0.6) is 0 Å². The Morgan fingerprint density at radius 2 is 2.06 bits per heavy atom. The number of hydrogen-bond acceptors (Lipinski definition) is 3. The van der Waals surface area contributed by atoms with Crippen LogP contribution in [0.3, 0.4) is 0 Å². The van der Waals surface area contributed by atoms with Crippen molar-refractivity contribution in [3.63, 3.8) is 0 Å². The number of aromatic nitrogens is 1. The summed E-state index contributed by atoms with van der Waals surface area (Å²) in [6.07, 6.45) is 0. The minimum Gasteiger partial charge on any atom is -0.357 e. The zero-order chi connectivity index (χ0) is 12.1. The third kappa shape index (κ3) is 3.49. The highest BCUT2D eigenvalue weighted by molar-refractivity contribution is 5.42. The van der Waals surface area contributed by atoms with E-state index in [1.807, 2.05) is 13.0 Å². The van der Waals surface area contributed by atoms with Crippen LogP contribution in [0.1, 0.15) is 32.0 Å². The molecule has 2 N–H and O–H groups in total. The lowest BCUT2D eigenvalue weighted by Gasteiger charge is -2.24. The lowest BCUT2D eigenvalue weighted by molar-refractivity contribution is 0.614. The molecule has 0 unspecified atom stereocenters. The van der Waals surface area contributed by atoms with Gasteiger partial charge in [-0.2, -0.15) is 0 Å².